The van der Waals surface area contributed by atoms with Crippen molar-refractivity contribution >= 4 is 34.0 Å². The molecule has 0 radical (unpaired) electrons. The van der Waals surface area contributed by atoms with Gasteiger partial charge in [0.15, 0.2) is 0 Å². The highest BCUT2D eigenvalue weighted by Crippen LogP contribution is 2.40. The van der Waals surface area contributed by atoms with Gasteiger partial charge in [-0.15, -0.1) is 0 Å². The number of allylic oxidation sites excluding steroid dienone is 2. The predicted octanol–water partition coefficient (Wildman–Crippen LogP) is 9.54. The topological polar surface area (TPSA) is 9.86 Å². The Morgan fingerprint density at radius 2 is 1.24 bits per heavy atom. The number of hydrogen-bond donors (Lipinski definition) is 0. The molecule has 0 bridgehead atoms. The molecule has 38 heavy (non-hydrogen) atoms. The van der Waals surface area contributed by atoms with E-state index in [2.05, 4.69) is 144 Å². The second-order valence-corrected chi connectivity index (χ2v) is 10.1. The Hall–Kier alpha value is -4.56. The molecule has 0 N–H and O–H groups in total. The summed E-state index contributed by atoms with van der Waals surface area (Å²) in [5.41, 5.74) is 12.7. The van der Waals surface area contributed by atoms with Crippen molar-refractivity contribution in [2.45, 2.75) is 26.7 Å². The van der Waals surface area contributed by atoms with Crippen molar-refractivity contribution in [2.24, 2.45) is 0 Å². The first-order valence-corrected chi connectivity index (χ1v) is 13.5. The van der Waals surface area contributed by atoms with Gasteiger partial charge in [-0.3, -0.25) is 0 Å². The zero-order valence-corrected chi connectivity index (χ0v) is 21.9. The highest BCUT2D eigenvalue weighted by molar-refractivity contribution is 5.96. The number of aromatic nitrogens is 2. The normalized spacial score (nSPS) is 13.1. The summed E-state index contributed by atoms with van der Waals surface area (Å²) in [5, 5.41) is 2.62. The molecule has 4 aromatic carbocycles. The van der Waals surface area contributed by atoms with Crippen LogP contribution >= 0.6 is 0 Å². The number of hydrogen-bond acceptors (Lipinski definition) is 0. The second kappa shape index (κ2) is 9.08. The molecule has 184 valence electrons. The van der Waals surface area contributed by atoms with E-state index in [1.54, 1.807) is 0 Å². The Balaban J connectivity index is 1.54. The van der Waals surface area contributed by atoms with Crippen LogP contribution in [0, 0.1) is 6.92 Å². The summed E-state index contributed by atoms with van der Waals surface area (Å²) in [4.78, 5) is 0. The number of benzene rings is 4. The second-order valence-electron chi connectivity index (χ2n) is 10.1. The van der Waals surface area contributed by atoms with Crippen LogP contribution in [0.25, 0.3) is 56.5 Å². The number of aryl methyl sites for hydroxylation is 1. The summed E-state index contributed by atoms with van der Waals surface area (Å²) in [6.07, 6.45) is 11.1. The largest absolute Gasteiger partial charge is 0.312 e. The van der Waals surface area contributed by atoms with Crippen molar-refractivity contribution in [3.8, 4) is 22.5 Å². The van der Waals surface area contributed by atoms with Crippen LogP contribution in [0.4, 0.5) is 0 Å². The summed E-state index contributed by atoms with van der Waals surface area (Å²) in [7, 11) is 0. The fraction of sp³-hybridized carbons (Fsp3) is 0.111. The SMILES string of the molecule is C/C=C\c1c(C)c2ccccc2n1-c1ccccc1-c1ccccc1-n1c2c(c3ccccc31)C=CCC2. The third kappa shape index (κ3) is 3.34. The molecule has 2 nitrogen and oxygen atoms in total. The Bertz CT molecular complexity index is 1890. The molecule has 0 fully saturated rings. The first-order valence-electron chi connectivity index (χ1n) is 13.5. The van der Waals surface area contributed by atoms with E-state index in [1.165, 1.54) is 66.8 Å². The van der Waals surface area contributed by atoms with Gasteiger partial charge in [0.1, 0.15) is 0 Å². The van der Waals surface area contributed by atoms with Crippen LogP contribution in [0.2, 0.25) is 0 Å². The first-order chi connectivity index (χ1) is 18.8. The summed E-state index contributed by atoms with van der Waals surface area (Å²) in [6, 6.07) is 35.3. The summed E-state index contributed by atoms with van der Waals surface area (Å²) in [6.45, 7) is 4.33. The lowest BCUT2D eigenvalue weighted by atomic mass is 10.00. The van der Waals surface area contributed by atoms with Crippen LogP contribution in [-0.4, -0.2) is 9.13 Å². The zero-order chi connectivity index (χ0) is 25.6. The minimum Gasteiger partial charge on any atom is -0.312 e. The van der Waals surface area contributed by atoms with Crippen LogP contribution in [-0.2, 0) is 6.42 Å². The van der Waals surface area contributed by atoms with Crippen molar-refractivity contribution in [3.05, 3.63) is 132 Å². The van der Waals surface area contributed by atoms with Crippen LogP contribution in [0.5, 0.6) is 0 Å². The van der Waals surface area contributed by atoms with Gasteiger partial charge >= 0.3 is 0 Å². The molecule has 2 heterocycles. The molecule has 6 aromatic rings. The summed E-state index contributed by atoms with van der Waals surface area (Å²) >= 11 is 0. The quantitative estimate of drug-likeness (QED) is 0.233. The average molecular weight is 491 g/mol. The van der Waals surface area contributed by atoms with Gasteiger partial charge in [0, 0.05) is 38.9 Å². The number of nitrogens with zero attached hydrogens (tertiary/aromatic N) is 2. The van der Waals surface area contributed by atoms with E-state index in [4.69, 9.17) is 0 Å². The molecule has 2 heteroatoms. The van der Waals surface area contributed by atoms with Gasteiger partial charge in [-0.2, -0.15) is 0 Å². The molecular formula is C36H30N2. The highest BCUT2D eigenvalue weighted by atomic mass is 15.0. The Morgan fingerprint density at radius 1 is 0.658 bits per heavy atom. The fourth-order valence-corrected chi connectivity index (χ4v) is 6.28. The van der Waals surface area contributed by atoms with Gasteiger partial charge in [0.2, 0.25) is 0 Å². The summed E-state index contributed by atoms with van der Waals surface area (Å²) < 4.78 is 4.94. The van der Waals surface area contributed by atoms with E-state index < -0.39 is 0 Å². The van der Waals surface area contributed by atoms with E-state index in [0.29, 0.717) is 0 Å². The van der Waals surface area contributed by atoms with Crippen molar-refractivity contribution in [2.75, 3.05) is 0 Å². The first kappa shape index (κ1) is 22.6. The third-order valence-electron chi connectivity index (χ3n) is 7.93. The lowest BCUT2D eigenvalue weighted by molar-refractivity contribution is 0.889. The number of fused-ring (bicyclic) bond motifs is 4. The van der Waals surface area contributed by atoms with E-state index in [1.807, 2.05) is 0 Å². The van der Waals surface area contributed by atoms with Gasteiger partial charge in [0.05, 0.1) is 22.4 Å². The average Bonchev–Trinajstić information content (AvgIpc) is 3.45. The molecule has 0 spiro atoms. The molecule has 0 atom stereocenters. The van der Waals surface area contributed by atoms with E-state index in [0.717, 1.165) is 12.8 Å². The molecule has 0 aliphatic heterocycles. The van der Waals surface area contributed by atoms with Crippen molar-refractivity contribution in [3.63, 3.8) is 0 Å². The fourth-order valence-electron chi connectivity index (χ4n) is 6.28. The summed E-state index contributed by atoms with van der Waals surface area (Å²) in [5.74, 6) is 0. The maximum absolute atomic E-state index is 2.51. The lowest BCUT2D eigenvalue weighted by Gasteiger charge is -2.20. The Kier molecular flexibility index (Phi) is 5.40. The standard InChI is InChI=1S/C36H30N2/c1-3-14-31-25(2)26-15-4-9-20-32(26)37(31)33-21-10-5-16-27(33)28-17-6-11-22-34(28)38-35-23-12-7-18-29(35)30-19-8-13-24-36(30)38/h3-12,14-23H,13,24H2,1-2H3/b14-3-. The van der Waals surface area contributed by atoms with Gasteiger partial charge < -0.3 is 9.13 Å². The smallest absolute Gasteiger partial charge is 0.0541 e. The van der Waals surface area contributed by atoms with E-state index >= 15 is 0 Å². The van der Waals surface area contributed by atoms with Crippen molar-refractivity contribution in [1.82, 2.24) is 9.13 Å². The van der Waals surface area contributed by atoms with Crippen molar-refractivity contribution < 1.29 is 0 Å². The highest BCUT2D eigenvalue weighted by Gasteiger charge is 2.22. The zero-order valence-electron chi connectivity index (χ0n) is 21.9. The van der Waals surface area contributed by atoms with Crippen LogP contribution in [0.1, 0.15) is 35.9 Å². The van der Waals surface area contributed by atoms with Crippen molar-refractivity contribution in [1.29, 1.82) is 0 Å². The Labute approximate surface area is 223 Å². The molecule has 1 aliphatic rings. The van der Waals surface area contributed by atoms with E-state index in [9.17, 15) is 0 Å². The molecular weight excluding hydrogens is 460 g/mol. The lowest BCUT2D eigenvalue weighted by Crippen LogP contribution is -2.06. The maximum atomic E-state index is 2.51. The minimum absolute atomic E-state index is 1.05. The van der Waals surface area contributed by atoms with E-state index in [-0.39, 0.29) is 0 Å². The van der Waals surface area contributed by atoms with Gasteiger partial charge in [-0.05, 0) is 62.6 Å². The molecule has 7 rings (SSSR count). The number of para-hydroxylation sites is 4. The third-order valence-corrected chi connectivity index (χ3v) is 7.93. The number of rotatable bonds is 4. The molecule has 0 saturated carbocycles. The van der Waals surface area contributed by atoms with Crippen LogP contribution in [0.3, 0.4) is 0 Å². The van der Waals surface area contributed by atoms with Gasteiger partial charge in [0.25, 0.3) is 0 Å². The predicted molar refractivity (Wildman–Crippen MR) is 162 cm³/mol. The molecule has 0 unspecified atom stereocenters. The Morgan fingerprint density at radius 3 is 1.95 bits per heavy atom. The van der Waals surface area contributed by atoms with Gasteiger partial charge in [-0.1, -0.05) is 91.0 Å². The van der Waals surface area contributed by atoms with Gasteiger partial charge in [-0.25, -0.2) is 0 Å². The van der Waals surface area contributed by atoms with Crippen LogP contribution < -0.4 is 0 Å². The molecule has 0 saturated heterocycles. The molecule has 0 amide bonds. The molecule has 2 aromatic heterocycles. The van der Waals surface area contributed by atoms with Crippen LogP contribution in [0.15, 0.2) is 109 Å². The maximum Gasteiger partial charge on any atom is 0.0541 e. The molecule has 1 aliphatic carbocycles. The minimum atomic E-state index is 1.05. The monoisotopic (exact) mass is 490 g/mol.